The zero-order chi connectivity index (χ0) is 17.2. The molecule has 1 aliphatic heterocycles. The molecule has 6 heteroatoms. The van der Waals surface area contributed by atoms with Crippen molar-refractivity contribution >= 4 is 5.82 Å². The van der Waals surface area contributed by atoms with Crippen molar-refractivity contribution in [2.75, 3.05) is 24.6 Å². The summed E-state index contributed by atoms with van der Waals surface area (Å²) >= 11 is 0. The Hall–Kier alpha value is -2.08. The molecule has 1 fully saturated rings. The van der Waals surface area contributed by atoms with Crippen LogP contribution in [0.3, 0.4) is 0 Å². The molecule has 0 radical (unpaired) electrons. The summed E-state index contributed by atoms with van der Waals surface area (Å²) in [6.07, 6.45) is 3.21. The van der Waals surface area contributed by atoms with Crippen LogP contribution in [0.4, 0.5) is 19.0 Å². The summed E-state index contributed by atoms with van der Waals surface area (Å²) in [5.41, 5.74) is -0.255. The molecule has 1 N–H and O–H groups in total. The van der Waals surface area contributed by atoms with Crippen molar-refractivity contribution in [3.8, 4) is 0 Å². The Balaban J connectivity index is 1.85. The maximum atomic E-state index is 14.0. The Bertz CT molecular complexity index is 725. The molecule has 1 aliphatic rings. The minimum Gasteiger partial charge on any atom is -0.396 e. The third-order valence-corrected chi connectivity index (χ3v) is 4.62. The molecule has 128 valence electrons. The Morgan fingerprint density at radius 3 is 2.71 bits per heavy atom. The average Bonchev–Trinajstić information content (AvgIpc) is 2.58. The van der Waals surface area contributed by atoms with E-state index in [1.54, 1.807) is 4.90 Å². The van der Waals surface area contributed by atoms with E-state index in [1.165, 1.54) is 30.5 Å². The number of hydrogen-bond acceptors (Lipinski definition) is 3. The fourth-order valence-electron chi connectivity index (χ4n) is 3.40. The lowest BCUT2D eigenvalue weighted by atomic mass is 9.75. The summed E-state index contributed by atoms with van der Waals surface area (Å²) < 4.78 is 41.1. The fourth-order valence-corrected chi connectivity index (χ4v) is 3.40. The number of hydrogen-bond donors (Lipinski definition) is 1. The number of aliphatic hydroxyl groups is 1. The molecule has 0 unspecified atom stereocenters. The second kappa shape index (κ2) is 6.81. The van der Waals surface area contributed by atoms with E-state index in [9.17, 15) is 18.3 Å². The Morgan fingerprint density at radius 1 is 1.17 bits per heavy atom. The van der Waals surface area contributed by atoms with Crippen LogP contribution in [-0.4, -0.2) is 29.8 Å². The Kier molecular flexibility index (Phi) is 4.76. The van der Waals surface area contributed by atoms with Crippen molar-refractivity contribution in [2.45, 2.75) is 19.3 Å². The van der Waals surface area contributed by atoms with E-state index in [-0.39, 0.29) is 18.8 Å². The van der Waals surface area contributed by atoms with Gasteiger partial charge in [-0.1, -0.05) is 6.07 Å². The zero-order valence-electron chi connectivity index (χ0n) is 13.2. The lowest BCUT2D eigenvalue weighted by Crippen LogP contribution is -2.47. The van der Waals surface area contributed by atoms with Crippen LogP contribution < -0.4 is 4.90 Å². The fraction of sp³-hybridized carbons (Fsp3) is 0.389. The van der Waals surface area contributed by atoms with Crippen LogP contribution in [0.2, 0.25) is 0 Å². The van der Waals surface area contributed by atoms with Gasteiger partial charge in [-0.2, -0.15) is 0 Å². The van der Waals surface area contributed by atoms with Gasteiger partial charge in [-0.15, -0.1) is 0 Å². The summed E-state index contributed by atoms with van der Waals surface area (Å²) in [6, 6.07) is 6.33. The van der Waals surface area contributed by atoms with Crippen LogP contribution in [0.15, 0.2) is 36.5 Å². The lowest BCUT2D eigenvalue weighted by molar-refractivity contribution is 0.104. The minimum atomic E-state index is -0.630. The molecule has 0 spiro atoms. The predicted octanol–water partition coefficient (Wildman–Crippen LogP) is 3.32. The maximum absolute atomic E-state index is 14.0. The molecular formula is C18H19F3N2O. The van der Waals surface area contributed by atoms with Crippen LogP contribution in [0, 0.1) is 22.9 Å². The number of aromatic nitrogens is 1. The van der Waals surface area contributed by atoms with Gasteiger partial charge in [0.15, 0.2) is 11.6 Å². The molecule has 1 saturated heterocycles. The standard InChI is InChI=1S/C18H19F3N2O/c19-14-5-4-13(16(21)9-14)10-18(12-24)6-2-8-23(11-18)17-15(20)3-1-7-22-17/h1,3-5,7,9,24H,2,6,8,10-12H2/t18-/m1/s1. The second-order valence-electron chi connectivity index (χ2n) is 6.40. The van der Waals surface area contributed by atoms with Crippen LogP contribution >= 0.6 is 0 Å². The highest BCUT2D eigenvalue weighted by molar-refractivity contribution is 5.41. The van der Waals surface area contributed by atoms with Crippen LogP contribution in [0.25, 0.3) is 0 Å². The van der Waals surface area contributed by atoms with E-state index in [0.29, 0.717) is 25.1 Å². The van der Waals surface area contributed by atoms with Gasteiger partial charge in [0.25, 0.3) is 0 Å². The molecule has 0 bridgehead atoms. The molecule has 0 aliphatic carbocycles. The summed E-state index contributed by atoms with van der Waals surface area (Å²) in [5.74, 6) is -1.42. The first-order valence-electron chi connectivity index (χ1n) is 7.93. The van der Waals surface area contributed by atoms with Gasteiger partial charge in [-0.05, 0) is 43.0 Å². The van der Waals surface area contributed by atoms with E-state index >= 15 is 0 Å². The molecule has 0 saturated carbocycles. The van der Waals surface area contributed by atoms with Crippen LogP contribution in [-0.2, 0) is 6.42 Å². The first-order valence-corrected chi connectivity index (χ1v) is 7.93. The van der Waals surface area contributed by atoms with E-state index in [0.717, 1.165) is 12.5 Å². The molecule has 3 nitrogen and oxygen atoms in total. The van der Waals surface area contributed by atoms with Crippen molar-refractivity contribution < 1.29 is 18.3 Å². The predicted molar refractivity (Wildman–Crippen MR) is 85.2 cm³/mol. The van der Waals surface area contributed by atoms with Gasteiger partial charge in [-0.25, -0.2) is 18.2 Å². The van der Waals surface area contributed by atoms with Gasteiger partial charge in [0.05, 0.1) is 6.61 Å². The van der Waals surface area contributed by atoms with Crippen molar-refractivity contribution in [3.63, 3.8) is 0 Å². The average molecular weight is 336 g/mol. The highest BCUT2D eigenvalue weighted by Crippen LogP contribution is 2.36. The lowest BCUT2D eigenvalue weighted by Gasteiger charge is -2.42. The van der Waals surface area contributed by atoms with E-state index in [1.807, 2.05) is 0 Å². The third-order valence-electron chi connectivity index (χ3n) is 4.62. The van der Waals surface area contributed by atoms with Crippen molar-refractivity contribution in [1.82, 2.24) is 4.98 Å². The first kappa shape index (κ1) is 16.8. The Morgan fingerprint density at radius 2 is 2.00 bits per heavy atom. The topological polar surface area (TPSA) is 36.4 Å². The van der Waals surface area contributed by atoms with Crippen molar-refractivity contribution in [2.24, 2.45) is 5.41 Å². The largest absolute Gasteiger partial charge is 0.396 e. The van der Waals surface area contributed by atoms with E-state index in [2.05, 4.69) is 4.98 Å². The van der Waals surface area contributed by atoms with E-state index < -0.39 is 22.9 Å². The van der Waals surface area contributed by atoms with Crippen LogP contribution in [0.1, 0.15) is 18.4 Å². The summed E-state index contributed by atoms with van der Waals surface area (Å²) in [6.45, 7) is 0.838. The zero-order valence-corrected chi connectivity index (χ0v) is 13.2. The molecule has 3 rings (SSSR count). The SMILES string of the molecule is OC[C@@]1(Cc2ccc(F)cc2F)CCCN(c2ncccc2F)C1. The normalized spacial score (nSPS) is 21.1. The Labute approximate surface area is 138 Å². The third kappa shape index (κ3) is 3.38. The number of nitrogens with zero attached hydrogens (tertiary/aromatic N) is 2. The molecule has 0 amide bonds. The number of aliphatic hydroxyl groups excluding tert-OH is 1. The highest BCUT2D eigenvalue weighted by Gasteiger charge is 2.37. The summed E-state index contributed by atoms with van der Waals surface area (Å²) in [7, 11) is 0. The minimum absolute atomic E-state index is 0.158. The monoisotopic (exact) mass is 336 g/mol. The van der Waals surface area contributed by atoms with Gasteiger partial charge >= 0.3 is 0 Å². The molecule has 24 heavy (non-hydrogen) atoms. The molecule has 2 aromatic rings. The number of pyridine rings is 1. The quantitative estimate of drug-likeness (QED) is 0.930. The smallest absolute Gasteiger partial charge is 0.165 e. The van der Waals surface area contributed by atoms with Gasteiger partial charge in [0, 0.05) is 30.8 Å². The van der Waals surface area contributed by atoms with Crippen molar-refractivity contribution in [1.29, 1.82) is 0 Å². The number of halogens is 3. The number of piperidine rings is 1. The molecular weight excluding hydrogens is 317 g/mol. The van der Waals surface area contributed by atoms with Gasteiger partial charge in [0.1, 0.15) is 11.6 Å². The van der Waals surface area contributed by atoms with Crippen molar-refractivity contribution in [3.05, 3.63) is 59.5 Å². The van der Waals surface area contributed by atoms with Gasteiger partial charge in [0.2, 0.25) is 0 Å². The van der Waals surface area contributed by atoms with Gasteiger partial charge in [-0.3, -0.25) is 0 Å². The molecule has 2 heterocycles. The number of benzene rings is 1. The highest BCUT2D eigenvalue weighted by atomic mass is 19.1. The molecule has 1 aromatic carbocycles. The molecule has 1 atom stereocenters. The van der Waals surface area contributed by atoms with E-state index in [4.69, 9.17) is 0 Å². The van der Waals surface area contributed by atoms with Crippen LogP contribution in [0.5, 0.6) is 0 Å². The summed E-state index contributed by atoms with van der Waals surface area (Å²) in [4.78, 5) is 5.87. The van der Waals surface area contributed by atoms with Gasteiger partial charge < -0.3 is 10.0 Å². The first-order chi connectivity index (χ1) is 11.5. The number of anilines is 1. The maximum Gasteiger partial charge on any atom is 0.165 e. The second-order valence-corrected chi connectivity index (χ2v) is 6.40. The molecule has 1 aromatic heterocycles. The summed E-state index contributed by atoms with van der Waals surface area (Å²) in [5, 5.41) is 9.94. The number of rotatable bonds is 4.